The number of esters is 2. The molecule has 0 aromatic heterocycles. The van der Waals surface area contributed by atoms with Crippen LogP contribution >= 0.6 is 0 Å². The van der Waals surface area contributed by atoms with Gasteiger partial charge in [0.25, 0.3) is 0 Å². The van der Waals surface area contributed by atoms with Crippen molar-refractivity contribution < 1.29 is 19.1 Å². The minimum atomic E-state index is -0.370. The first-order valence-corrected chi connectivity index (χ1v) is 8.90. The normalized spacial score (nSPS) is 46.0. The number of carbonyl (C=O) groups is 2. The molecule has 4 aliphatic rings. The predicted octanol–water partition coefficient (Wildman–Crippen LogP) is 3.11. The van der Waals surface area contributed by atoms with E-state index in [1.165, 1.54) is 0 Å². The van der Waals surface area contributed by atoms with Crippen LogP contribution in [0.15, 0.2) is 12.2 Å². The van der Waals surface area contributed by atoms with E-state index in [9.17, 15) is 9.59 Å². The molecule has 126 valence electrons. The molecule has 23 heavy (non-hydrogen) atoms. The molecule has 0 amide bonds. The zero-order chi connectivity index (χ0) is 16.4. The van der Waals surface area contributed by atoms with Gasteiger partial charge < -0.3 is 9.47 Å². The first kappa shape index (κ1) is 15.2. The molecule has 3 fully saturated rings. The molecular formula is C19H26O4. The lowest BCUT2D eigenvalue weighted by atomic mass is 9.67. The summed E-state index contributed by atoms with van der Waals surface area (Å²) in [6.45, 7) is 6.56. The maximum absolute atomic E-state index is 12.4. The quantitative estimate of drug-likeness (QED) is 0.593. The molecular weight excluding hydrogens is 292 g/mol. The van der Waals surface area contributed by atoms with Crippen LogP contribution in [0.5, 0.6) is 0 Å². The van der Waals surface area contributed by atoms with Crippen molar-refractivity contribution in [1.29, 1.82) is 0 Å². The lowest BCUT2D eigenvalue weighted by Gasteiger charge is -2.47. The molecule has 4 nitrogen and oxygen atoms in total. The highest BCUT2D eigenvalue weighted by molar-refractivity contribution is 5.77. The second-order valence-electron chi connectivity index (χ2n) is 8.64. The largest absolute Gasteiger partial charge is 0.465 e. The Labute approximate surface area is 137 Å². The van der Waals surface area contributed by atoms with Crippen LogP contribution in [0.25, 0.3) is 0 Å². The Balaban J connectivity index is 1.42. The SMILES string of the molecule is CC12CCC(C(COC(=O)C3CC4C=CC3C4)C(=O)O1)C2(C)C. The molecule has 4 heteroatoms. The fraction of sp³-hybridized carbons (Fsp3) is 0.789. The summed E-state index contributed by atoms with van der Waals surface area (Å²) in [5.41, 5.74) is -0.433. The van der Waals surface area contributed by atoms with Crippen LogP contribution in [-0.4, -0.2) is 24.1 Å². The van der Waals surface area contributed by atoms with Gasteiger partial charge in [-0.1, -0.05) is 26.0 Å². The zero-order valence-corrected chi connectivity index (χ0v) is 14.2. The smallest absolute Gasteiger partial charge is 0.313 e. The highest BCUT2D eigenvalue weighted by Crippen LogP contribution is 2.58. The third-order valence-corrected chi connectivity index (χ3v) is 7.32. The van der Waals surface area contributed by atoms with Crippen molar-refractivity contribution in [3.63, 3.8) is 0 Å². The van der Waals surface area contributed by atoms with Gasteiger partial charge in [-0.2, -0.15) is 0 Å². The van der Waals surface area contributed by atoms with Gasteiger partial charge in [-0.3, -0.25) is 9.59 Å². The van der Waals surface area contributed by atoms with Gasteiger partial charge in [-0.25, -0.2) is 0 Å². The number of allylic oxidation sites excluding steroid dienone is 2. The third-order valence-electron chi connectivity index (χ3n) is 7.32. The summed E-state index contributed by atoms with van der Waals surface area (Å²) in [6, 6.07) is 0. The van der Waals surface area contributed by atoms with Crippen LogP contribution in [0.2, 0.25) is 0 Å². The second-order valence-corrected chi connectivity index (χ2v) is 8.64. The summed E-state index contributed by atoms with van der Waals surface area (Å²) < 4.78 is 11.3. The van der Waals surface area contributed by atoms with Gasteiger partial charge in [0.15, 0.2) is 0 Å². The van der Waals surface area contributed by atoms with E-state index in [-0.39, 0.29) is 47.3 Å². The average Bonchev–Trinajstić information content (AvgIpc) is 3.13. The second kappa shape index (κ2) is 4.84. The first-order chi connectivity index (χ1) is 10.8. The summed E-state index contributed by atoms with van der Waals surface area (Å²) in [5, 5.41) is 0. The molecule has 1 heterocycles. The van der Waals surface area contributed by atoms with Crippen molar-refractivity contribution >= 4 is 11.9 Å². The Kier molecular flexibility index (Phi) is 3.20. The van der Waals surface area contributed by atoms with E-state index >= 15 is 0 Å². The van der Waals surface area contributed by atoms with Gasteiger partial charge in [0.2, 0.25) is 0 Å². The van der Waals surface area contributed by atoms with Crippen molar-refractivity contribution in [1.82, 2.24) is 0 Å². The van der Waals surface area contributed by atoms with Gasteiger partial charge >= 0.3 is 11.9 Å². The van der Waals surface area contributed by atoms with Crippen LogP contribution in [0.3, 0.4) is 0 Å². The Bertz CT molecular complexity index is 578. The first-order valence-electron chi connectivity index (χ1n) is 8.90. The molecule has 0 aromatic carbocycles. The van der Waals surface area contributed by atoms with Crippen LogP contribution in [0.1, 0.15) is 46.5 Å². The van der Waals surface area contributed by atoms with Crippen LogP contribution < -0.4 is 0 Å². The molecule has 6 unspecified atom stereocenters. The van der Waals surface area contributed by atoms with E-state index in [0.717, 1.165) is 25.7 Å². The third kappa shape index (κ3) is 2.10. The summed E-state index contributed by atoms with van der Waals surface area (Å²) in [5.74, 6) is 0.504. The van der Waals surface area contributed by atoms with Crippen molar-refractivity contribution in [2.24, 2.45) is 35.0 Å². The summed E-state index contributed by atoms with van der Waals surface area (Å²) in [4.78, 5) is 24.8. The number of fused-ring (bicyclic) bond motifs is 4. The summed E-state index contributed by atoms with van der Waals surface area (Å²) in [7, 11) is 0. The lowest BCUT2D eigenvalue weighted by molar-refractivity contribution is -0.197. The van der Waals surface area contributed by atoms with Gasteiger partial charge in [-0.15, -0.1) is 0 Å². The molecule has 1 aliphatic heterocycles. The molecule has 6 atom stereocenters. The number of ether oxygens (including phenoxy) is 2. The minimum absolute atomic E-state index is 0.00790. The van der Waals surface area contributed by atoms with E-state index in [2.05, 4.69) is 26.0 Å². The predicted molar refractivity (Wildman–Crippen MR) is 84.3 cm³/mol. The molecule has 2 saturated carbocycles. The van der Waals surface area contributed by atoms with Gasteiger partial charge in [0.05, 0.1) is 11.8 Å². The number of rotatable bonds is 3. The van der Waals surface area contributed by atoms with Gasteiger partial charge in [0, 0.05) is 5.41 Å². The fourth-order valence-corrected chi connectivity index (χ4v) is 5.37. The topological polar surface area (TPSA) is 52.6 Å². The zero-order valence-electron chi connectivity index (χ0n) is 14.2. The van der Waals surface area contributed by atoms with E-state index in [4.69, 9.17) is 9.47 Å². The Morgan fingerprint density at radius 2 is 2.09 bits per heavy atom. The minimum Gasteiger partial charge on any atom is -0.465 e. The number of hydrogen-bond donors (Lipinski definition) is 0. The van der Waals surface area contributed by atoms with Crippen LogP contribution in [0, 0.1) is 35.0 Å². The maximum Gasteiger partial charge on any atom is 0.313 e. The summed E-state index contributed by atoms with van der Waals surface area (Å²) in [6.07, 6.45) is 8.23. The molecule has 0 spiro atoms. The Morgan fingerprint density at radius 3 is 2.74 bits per heavy atom. The molecule has 1 saturated heterocycles. The van der Waals surface area contributed by atoms with Crippen molar-refractivity contribution in [2.45, 2.75) is 52.1 Å². The van der Waals surface area contributed by atoms with Gasteiger partial charge in [-0.05, 0) is 50.4 Å². The van der Waals surface area contributed by atoms with Crippen molar-refractivity contribution in [3.8, 4) is 0 Å². The van der Waals surface area contributed by atoms with Crippen LogP contribution in [0.4, 0.5) is 0 Å². The highest BCUT2D eigenvalue weighted by Gasteiger charge is 2.62. The average molecular weight is 318 g/mol. The van der Waals surface area contributed by atoms with E-state index in [0.29, 0.717) is 11.8 Å². The Morgan fingerprint density at radius 1 is 1.30 bits per heavy atom. The fourth-order valence-electron chi connectivity index (χ4n) is 5.37. The van der Waals surface area contributed by atoms with Crippen LogP contribution in [-0.2, 0) is 19.1 Å². The Hall–Kier alpha value is -1.32. The standard InChI is InChI=1S/C19H26O4/c1-18(2)15-6-7-19(18,3)23-17(21)14(15)10-22-16(20)13-9-11-4-5-12(13)8-11/h4-5,11-15H,6-10H2,1-3H3. The molecule has 4 rings (SSSR count). The number of hydrogen-bond acceptors (Lipinski definition) is 4. The van der Waals surface area contributed by atoms with E-state index in [1.807, 2.05) is 6.92 Å². The molecule has 0 radical (unpaired) electrons. The number of carbonyl (C=O) groups excluding carboxylic acids is 2. The highest BCUT2D eigenvalue weighted by atomic mass is 16.6. The van der Waals surface area contributed by atoms with E-state index < -0.39 is 0 Å². The molecule has 0 aromatic rings. The van der Waals surface area contributed by atoms with E-state index in [1.54, 1.807) is 0 Å². The lowest BCUT2D eigenvalue weighted by Crippen LogP contribution is -2.53. The van der Waals surface area contributed by atoms with Crippen molar-refractivity contribution in [3.05, 3.63) is 12.2 Å². The summed E-state index contributed by atoms with van der Waals surface area (Å²) >= 11 is 0. The molecule has 4 bridgehead atoms. The molecule has 3 aliphatic carbocycles. The monoisotopic (exact) mass is 318 g/mol. The van der Waals surface area contributed by atoms with Crippen molar-refractivity contribution in [2.75, 3.05) is 6.61 Å². The molecule has 0 N–H and O–H groups in total. The van der Waals surface area contributed by atoms with Gasteiger partial charge in [0.1, 0.15) is 12.2 Å². The maximum atomic E-state index is 12.4.